The molecule has 0 aliphatic carbocycles. The van der Waals surface area contributed by atoms with Gasteiger partial charge in [0.15, 0.2) is 0 Å². The monoisotopic (exact) mass is 195 g/mol. The lowest BCUT2D eigenvalue weighted by molar-refractivity contribution is 0.0349. The molecular formula is C11H17NO2. The predicted octanol–water partition coefficient (Wildman–Crippen LogP) is 1.72. The highest BCUT2D eigenvalue weighted by molar-refractivity contribution is 5.04. The van der Waals surface area contributed by atoms with E-state index in [-0.39, 0.29) is 0 Å². The van der Waals surface area contributed by atoms with Gasteiger partial charge in [0.25, 0.3) is 0 Å². The Morgan fingerprint density at radius 1 is 1.43 bits per heavy atom. The van der Waals surface area contributed by atoms with Crippen LogP contribution in [0.25, 0.3) is 0 Å². The standard InChI is InChI=1S/C11H17NO2/c1-10(11-3-2-6-14-11)9-12-4-7-13-8-5-12/h2-3,6,10H,4-5,7-9H2,1H3. The van der Waals surface area contributed by atoms with Gasteiger partial charge in [0, 0.05) is 25.6 Å². The van der Waals surface area contributed by atoms with E-state index in [1.165, 1.54) is 0 Å². The van der Waals surface area contributed by atoms with Crippen LogP contribution >= 0.6 is 0 Å². The smallest absolute Gasteiger partial charge is 0.107 e. The van der Waals surface area contributed by atoms with Crippen molar-refractivity contribution in [3.05, 3.63) is 24.2 Å². The Morgan fingerprint density at radius 3 is 2.86 bits per heavy atom. The molecule has 1 aromatic rings. The maximum Gasteiger partial charge on any atom is 0.107 e. The fourth-order valence-electron chi connectivity index (χ4n) is 1.83. The molecule has 1 unspecified atom stereocenters. The molecule has 14 heavy (non-hydrogen) atoms. The second-order valence-corrected chi connectivity index (χ2v) is 3.83. The summed E-state index contributed by atoms with van der Waals surface area (Å²) in [6.45, 7) is 7.09. The summed E-state index contributed by atoms with van der Waals surface area (Å²) in [5.41, 5.74) is 0. The number of nitrogens with zero attached hydrogens (tertiary/aromatic N) is 1. The fraction of sp³-hybridized carbons (Fsp3) is 0.636. The first-order valence-corrected chi connectivity index (χ1v) is 5.20. The van der Waals surface area contributed by atoms with Crippen molar-refractivity contribution in [2.24, 2.45) is 0 Å². The Kier molecular flexibility index (Phi) is 3.22. The van der Waals surface area contributed by atoms with Gasteiger partial charge in [0.2, 0.25) is 0 Å². The van der Waals surface area contributed by atoms with Crippen molar-refractivity contribution in [2.75, 3.05) is 32.8 Å². The highest BCUT2D eigenvalue weighted by atomic mass is 16.5. The van der Waals surface area contributed by atoms with E-state index in [9.17, 15) is 0 Å². The van der Waals surface area contributed by atoms with Crippen LogP contribution in [0.4, 0.5) is 0 Å². The summed E-state index contributed by atoms with van der Waals surface area (Å²) in [4.78, 5) is 2.43. The molecule has 0 saturated carbocycles. The zero-order chi connectivity index (χ0) is 9.80. The van der Waals surface area contributed by atoms with Gasteiger partial charge < -0.3 is 9.15 Å². The predicted molar refractivity (Wildman–Crippen MR) is 54.4 cm³/mol. The first-order chi connectivity index (χ1) is 6.86. The molecule has 1 aromatic heterocycles. The number of hydrogen-bond donors (Lipinski definition) is 0. The number of ether oxygens (including phenoxy) is 1. The third-order valence-electron chi connectivity index (χ3n) is 2.66. The highest BCUT2D eigenvalue weighted by Crippen LogP contribution is 2.17. The third-order valence-corrected chi connectivity index (χ3v) is 2.66. The van der Waals surface area contributed by atoms with Crippen molar-refractivity contribution in [1.29, 1.82) is 0 Å². The van der Waals surface area contributed by atoms with E-state index < -0.39 is 0 Å². The van der Waals surface area contributed by atoms with E-state index in [0.717, 1.165) is 38.6 Å². The van der Waals surface area contributed by atoms with E-state index in [4.69, 9.17) is 9.15 Å². The molecule has 0 spiro atoms. The number of hydrogen-bond acceptors (Lipinski definition) is 3. The Bertz CT molecular complexity index is 252. The van der Waals surface area contributed by atoms with Gasteiger partial charge in [-0.2, -0.15) is 0 Å². The topological polar surface area (TPSA) is 25.6 Å². The average molecular weight is 195 g/mol. The van der Waals surface area contributed by atoms with Gasteiger partial charge in [-0.3, -0.25) is 4.90 Å². The second kappa shape index (κ2) is 4.62. The summed E-state index contributed by atoms with van der Waals surface area (Å²) in [7, 11) is 0. The van der Waals surface area contributed by atoms with Crippen LogP contribution in [0.1, 0.15) is 18.6 Å². The van der Waals surface area contributed by atoms with Crippen LogP contribution in [-0.4, -0.2) is 37.7 Å². The molecule has 1 saturated heterocycles. The lowest BCUT2D eigenvalue weighted by Gasteiger charge is -2.28. The number of furan rings is 1. The molecule has 0 radical (unpaired) electrons. The zero-order valence-corrected chi connectivity index (χ0v) is 8.61. The summed E-state index contributed by atoms with van der Waals surface area (Å²) in [5, 5.41) is 0. The van der Waals surface area contributed by atoms with Crippen LogP contribution in [0, 0.1) is 0 Å². The molecule has 2 rings (SSSR count). The van der Waals surface area contributed by atoms with E-state index in [0.29, 0.717) is 5.92 Å². The fourth-order valence-corrected chi connectivity index (χ4v) is 1.83. The maximum absolute atomic E-state index is 5.38. The van der Waals surface area contributed by atoms with Crippen molar-refractivity contribution < 1.29 is 9.15 Å². The van der Waals surface area contributed by atoms with Gasteiger partial charge in [0.1, 0.15) is 5.76 Å². The molecular weight excluding hydrogens is 178 g/mol. The zero-order valence-electron chi connectivity index (χ0n) is 8.61. The molecule has 78 valence electrons. The molecule has 3 nitrogen and oxygen atoms in total. The highest BCUT2D eigenvalue weighted by Gasteiger charge is 2.15. The van der Waals surface area contributed by atoms with Crippen LogP contribution in [-0.2, 0) is 4.74 Å². The van der Waals surface area contributed by atoms with Crippen molar-refractivity contribution in [1.82, 2.24) is 4.90 Å². The minimum atomic E-state index is 0.475. The van der Waals surface area contributed by atoms with Crippen molar-refractivity contribution in [3.8, 4) is 0 Å². The van der Waals surface area contributed by atoms with E-state index in [2.05, 4.69) is 11.8 Å². The number of morpholine rings is 1. The van der Waals surface area contributed by atoms with E-state index >= 15 is 0 Å². The molecule has 0 bridgehead atoms. The van der Waals surface area contributed by atoms with Crippen LogP contribution in [0.15, 0.2) is 22.8 Å². The molecule has 0 N–H and O–H groups in total. The van der Waals surface area contributed by atoms with E-state index in [1.54, 1.807) is 6.26 Å². The Balaban J connectivity index is 1.84. The molecule has 1 atom stereocenters. The van der Waals surface area contributed by atoms with Crippen molar-refractivity contribution in [3.63, 3.8) is 0 Å². The Labute approximate surface area is 84.6 Å². The van der Waals surface area contributed by atoms with Gasteiger partial charge in [-0.15, -0.1) is 0 Å². The van der Waals surface area contributed by atoms with Crippen LogP contribution in [0.3, 0.4) is 0 Å². The first-order valence-electron chi connectivity index (χ1n) is 5.20. The summed E-state index contributed by atoms with van der Waals surface area (Å²) in [5.74, 6) is 1.56. The van der Waals surface area contributed by atoms with Crippen molar-refractivity contribution >= 4 is 0 Å². The van der Waals surface area contributed by atoms with Crippen LogP contribution in [0.2, 0.25) is 0 Å². The molecule has 1 fully saturated rings. The molecule has 1 aliphatic rings. The lowest BCUT2D eigenvalue weighted by Crippen LogP contribution is -2.38. The largest absolute Gasteiger partial charge is 0.469 e. The molecule has 2 heterocycles. The van der Waals surface area contributed by atoms with Gasteiger partial charge in [-0.05, 0) is 12.1 Å². The second-order valence-electron chi connectivity index (χ2n) is 3.83. The quantitative estimate of drug-likeness (QED) is 0.734. The Morgan fingerprint density at radius 2 is 2.21 bits per heavy atom. The minimum absolute atomic E-state index is 0.475. The van der Waals surface area contributed by atoms with Gasteiger partial charge in [-0.25, -0.2) is 0 Å². The Hall–Kier alpha value is -0.800. The van der Waals surface area contributed by atoms with Crippen molar-refractivity contribution in [2.45, 2.75) is 12.8 Å². The normalized spacial score (nSPS) is 20.9. The summed E-state index contributed by atoms with van der Waals surface area (Å²) in [6, 6.07) is 4.00. The summed E-state index contributed by atoms with van der Waals surface area (Å²) < 4.78 is 10.7. The van der Waals surface area contributed by atoms with Crippen LogP contribution < -0.4 is 0 Å². The molecule has 1 aliphatic heterocycles. The summed E-state index contributed by atoms with van der Waals surface area (Å²) >= 11 is 0. The minimum Gasteiger partial charge on any atom is -0.469 e. The van der Waals surface area contributed by atoms with Gasteiger partial charge in [-0.1, -0.05) is 6.92 Å². The first kappa shape index (κ1) is 9.74. The number of rotatable bonds is 3. The lowest BCUT2D eigenvalue weighted by atomic mass is 10.1. The van der Waals surface area contributed by atoms with E-state index in [1.807, 2.05) is 12.1 Å². The van der Waals surface area contributed by atoms with Gasteiger partial charge >= 0.3 is 0 Å². The molecule has 0 aromatic carbocycles. The SMILES string of the molecule is CC(CN1CCOCC1)c1ccco1. The molecule has 3 heteroatoms. The summed E-state index contributed by atoms with van der Waals surface area (Å²) in [6.07, 6.45) is 1.74. The molecule has 0 amide bonds. The maximum atomic E-state index is 5.38. The average Bonchev–Trinajstić information content (AvgIpc) is 2.72. The third kappa shape index (κ3) is 2.36. The van der Waals surface area contributed by atoms with Crippen LogP contribution in [0.5, 0.6) is 0 Å². The van der Waals surface area contributed by atoms with Gasteiger partial charge in [0.05, 0.1) is 19.5 Å².